The third-order valence-corrected chi connectivity index (χ3v) is 3.68. The Morgan fingerprint density at radius 3 is 2.48 bits per heavy atom. The van der Waals surface area contributed by atoms with Crippen LogP contribution in [0.4, 0.5) is 0 Å². The lowest BCUT2D eigenvalue weighted by Crippen LogP contribution is -2.29. The summed E-state index contributed by atoms with van der Waals surface area (Å²) in [6.45, 7) is 1.74. The van der Waals surface area contributed by atoms with Crippen LogP contribution in [0.1, 0.15) is 28.9 Å². The number of rotatable bonds is 1. The molecular formula is C16H14O5. The molecule has 0 spiro atoms. The molecule has 3 N–H and O–H groups in total. The van der Waals surface area contributed by atoms with Gasteiger partial charge in [-0.05, 0) is 29.8 Å². The molecule has 21 heavy (non-hydrogen) atoms. The van der Waals surface area contributed by atoms with Gasteiger partial charge < -0.3 is 20.1 Å². The molecule has 2 unspecified atom stereocenters. The van der Waals surface area contributed by atoms with Crippen molar-refractivity contribution in [2.24, 2.45) is 5.92 Å². The van der Waals surface area contributed by atoms with Crippen molar-refractivity contribution in [3.05, 3.63) is 47.5 Å². The van der Waals surface area contributed by atoms with Crippen molar-refractivity contribution in [2.75, 3.05) is 0 Å². The topological polar surface area (TPSA) is 87.0 Å². The minimum Gasteiger partial charge on any atom is -0.508 e. The summed E-state index contributed by atoms with van der Waals surface area (Å²) in [6, 6.07) is 8.69. The zero-order valence-corrected chi connectivity index (χ0v) is 11.3. The number of fused-ring (bicyclic) bond motifs is 1. The SMILES string of the molecule is CC1C(=O)c2ccc(O)cc2OC1c1ccc(O)c(O)c1. The first-order chi connectivity index (χ1) is 9.97. The van der Waals surface area contributed by atoms with E-state index in [2.05, 4.69) is 0 Å². The summed E-state index contributed by atoms with van der Waals surface area (Å²) in [7, 11) is 0. The molecule has 108 valence electrons. The Morgan fingerprint density at radius 1 is 1.00 bits per heavy atom. The molecule has 1 aliphatic rings. The van der Waals surface area contributed by atoms with Crippen LogP contribution in [-0.4, -0.2) is 21.1 Å². The van der Waals surface area contributed by atoms with E-state index >= 15 is 0 Å². The number of aromatic hydroxyl groups is 3. The molecular weight excluding hydrogens is 272 g/mol. The molecule has 2 atom stereocenters. The maximum Gasteiger partial charge on any atom is 0.173 e. The van der Waals surface area contributed by atoms with Crippen molar-refractivity contribution in [3.63, 3.8) is 0 Å². The summed E-state index contributed by atoms with van der Waals surface area (Å²) in [5.74, 6) is -0.692. The fourth-order valence-electron chi connectivity index (χ4n) is 2.51. The van der Waals surface area contributed by atoms with Gasteiger partial charge in [0.25, 0.3) is 0 Å². The predicted octanol–water partition coefficient (Wildman–Crippen LogP) is 2.76. The zero-order valence-electron chi connectivity index (χ0n) is 11.3. The van der Waals surface area contributed by atoms with Gasteiger partial charge >= 0.3 is 0 Å². The quantitative estimate of drug-likeness (QED) is 0.702. The second-order valence-corrected chi connectivity index (χ2v) is 5.12. The normalized spacial score (nSPS) is 20.7. The van der Waals surface area contributed by atoms with Gasteiger partial charge in [0.05, 0.1) is 11.5 Å². The molecule has 2 aromatic carbocycles. The lowest BCUT2D eigenvalue weighted by Gasteiger charge is -2.30. The highest BCUT2D eigenvalue weighted by Gasteiger charge is 2.35. The Labute approximate surface area is 121 Å². The van der Waals surface area contributed by atoms with E-state index in [1.807, 2.05) is 0 Å². The number of Topliss-reactive ketones (excluding diaryl/α,β-unsaturated/α-hetero) is 1. The Bertz CT molecular complexity index is 723. The van der Waals surface area contributed by atoms with Crippen molar-refractivity contribution < 1.29 is 24.9 Å². The predicted molar refractivity (Wildman–Crippen MR) is 74.7 cm³/mol. The summed E-state index contributed by atoms with van der Waals surface area (Å²) in [5.41, 5.74) is 1.01. The molecule has 2 aromatic rings. The van der Waals surface area contributed by atoms with Gasteiger partial charge in [0, 0.05) is 6.07 Å². The standard InChI is InChI=1S/C16H14O5/c1-8-15(20)11-4-3-10(17)7-14(11)21-16(8)9-2-5-12(18)13(19)6-9/h2-8,16-19H,1H3. The monoisotopic (exact) mass is 286 g/mol. The lowest BCUT2D eigenvalue weighted by atomic mass is 9.87. The average molecular weight is 286 g/mol. The van der Waals surface area contributed by atoms with Crippen LogP contribution in [0, 0.1) is 5.92 Å². The molecule has 0 aromatic heterocycles. The summed E-state index contributed by atoms with van der Waals surface area (Å²) in [6.07, 6.45) is -0.585. The van der Waals surface area contributed by atoms with Crippen molar-refractivity contribution in [1.29, 1.82) is 0 Å². The van der Waals surface area contributed by atoms with Crippen LogP contribution in [0.5, 0.6) is 23.0 Å². The number of ether oxygens (including phenoxy) is 1. The molecule has 0 bridgehead atoms. The number of hydrogen-bond donors (Lipinski definition) is 3. The smallest absolute Gasteiger partial charge is 0.173 e. The van der Waals surface area contributed by atoms with E-state index in [0.29, 0.717) is 16.9 Å². The average Bonchev–Trinajstić information content (AvgIpc) is 2.45. The third kappa shape index (κ3) is 2.16. The van der Waals surface area contributed by atoms with Crippen LogP contribution in [0.3, 0.4) is 0 Å². The Balaban J connectivity index is 2.05. The van der Waals surface area contributed by atoms with Gasteiger partial charge in [-0.25, -0.2) is 0 Å². The fourth-order valence-corrected chi connectivity index (χ4v) is 2.51. The van der Waals surface area contributed by atoms with Crippen LogP contribution < -0.4 is 4.74 Å². The minimum atomic E-state index is -0.585. The molecule has 3 rings (SSSR count). The summed E-state index contributed by atoms with van der Waals surface area (Å²) in [4.78, 5) is 12.4. The molecule has 0 fully saturated rings. The van der Waals surface area contributed by atoms with Gasteiger partial charge in [0.1, 0.15) is 17.6 Å². The molecule has 5 heteroatoms. The molecule has 0 radical (unpaired) electrons. The minimum absolute atomic E-state index is 0.0170. The largest absolute Gasteiger partial charge is 0.508 e. The van der Waals surface area contributed by atoms with Gasteiger partial charge in [-0.3, -0.25) is 4.79 Å². The van der Waals surface area contributed by atoms with E-state index in [9.17, 15) is 20.1 Å². The highest BCUT2D eigenvalue weighted by molar-refractivity contribution is 6.01. The first kappa shape index (κ1) is 13.3. The Hall–Kier alpha value is -2.69. The van der Waals surface area contributed by atoms with E-state index in [1.54, 1.807) is 13.0 Å². The number of carbonyl (C=O) groups excluding carboxylic acids is 1. The third-order valence-electron chi connectivity index (χ3n) is 3.68. The highest BCUT2D eigenvalue weighted by atomic mass is 16.5. The number of carbonyl (C=O) groups is 1. The number of ketones is 1. The van der Waals surface area contributed by atoms with Crippen LogP contribution in [0.2, 0.25) is 0 Å². The van der Waals surface area contributed by atoms with Crippen molar-refractivity contribution in [2.45, 2.75) is 13.0 Å². The summed E-state index contributed by atoms with van der Waals surface area (Å²) < 4.78 is 5.80. The number of phenolic OH excluding ortho intramolecular Hbond substituents is 3. The summed E-state index contributed by atoms with van der Waals surface area (Å²) >= 11 is 0. The molecule has 0 saturated heterocycles. The van der Waals surface area contributed by atoms with Crippen LogP contribution in [0.25, 0.3) is 0 Å². The first-order valence-electron chi connectivity index (χ1n) is 6.53. The summed E-state index contributed by atoms with van der Waals surface area (Å²) in [5, 5.41) is 28.5. The van der Waals surface area contributed by atoms with E-state index < -0.39 is 12.0 Å². The Morgan fingerprint density at radius 2 is 1.76 bits per heavy atom. The zero-order chi connectivity index (χ0) is 15.1. The molecule has 0 aliphatic carbocycles. The molecule has 1 heterocycles. The van der Waals surface area contributed by atoms with E-state index in [-0.39, 0.29) is 23.0 Å². The maximum atomic E-state index is 12.4. The van der Waals surface area contributed by atoms with Gasteiger partial charge in [0.2, 0.25) is 0 Å². The second kappa shape index (κ2) is 4.70. The molecule has 5 nitrogen and oxygen atoms in total. The molecule has 0 amide bonds. The van der Waals surface area contributed by atoms with Gasteiger partial charge in [0.15, 0.2) is 17.3 Å². The number of phenols is 3. The van der Waals surface area contributed by atoms with Crippen LogP contribution >= 0.6 is 0 Å². The van der Waals surface area contributed by atoms with Crippen molar-refractivity contribution >= 4 is 5.78 Å². The second-order valence-electron chi connectivity index (χ2n) is 5.12. The van der Waals surface area contributed by atoms with E-state index in [0.717, 1.165) is 0 Å². The van der Waals surface area contributed by atoms with Crippen molar-refractivity contribution in [3.8, 4) is 23.0 Å². The number of hydrogen-bond acceptors (Lipinski definition) is 5. The first-order valence-corrected chi connectivity index (χ1v) is 6.53. The van der Waals surface area contributed by atoms with Crippen LogP contribution in [-0.2, 0) is 0 Å². The maximum absolute atomic E-state index is 12.4. The van der Waals surface area contributed by atoms with Gasteiger partial charge in [-0.15, -0.1) is 0 Å². The fraction of sp³-hybridized carbons (Fsp3) is 0.188. The lowest BCUT2D eigenvalue weighted by molar-refractivity contribution is 0.0689. The van der Waals surface area contributed by atoms with Gasteiger partial charge in [-0.2, -0.15) is 0 Å². The molecule has 0 saturated carbocycles. The number of benzene rings is 2. The van der Waals surface area contributed by atoms with E-state index in [1.165, 1.54) is 30.3 Å². The van der Waals surface area contributed by atoms with Gasteiger partial charge in [-0.1, -0.05) is 13.0 Å². The van der Waals surface area contributed by atoms with E-state index in [4.69, 9.17) is 4.74 Å². The van der Waals surface area contributed by atoms with Crippen LogP contribution in [0.15, 0.2) is 36.4 Å². The molecule has 1 aliphatic heterocycles. The highest BCUT2D eigenvalue weighted by Crippen LogP contribution is 2.41. The van der Waals surface area contributed by atoms with Crippen molar-refractivity contribution in [1.82, 2.24) is 0 Å². The Kier molecular flexibility index (Phi) is 2.97.